The number of hydrogen-bond acceptors (Lipinski definition) is 5. The zero-order valence-corrected chi connectivity index (χ0v) is 15.7. The van der Waals surface area contributed by atoms with Crippen molar-refractivity contribution in [3.8, 4) is 0 Å². The molecular formula is C17H27N5O2S. The van der Waals surface area contributed by atoms with Gasteiger partial charge in [-0.3, -0.25) is 0 Å². The van der Waals surface area contributed by atoms with E-state index >= 15 is 0 Å². The molecule has 138 valence electrons. The Morgan fingerprint density at radius 1 is 1.08 bits per heavy atom. The molecule has 1 atom stereocenters. The number of nitrogens with zero attached hydrogens (tertiary/aromatic N) is 5. The van der Waals surface area contributed by atoms with E-state index in [2.05, 4.69) is 16.9 Å². The Hall–Kier alpha value is -1.09. The summed E-state index contributed by atoms with van der Waals surface area (Å²) in [6, 6.07) is 0. The lowest BCUT2D eigenvalue weighted by Gasteiger charge is -2.34. The van der Waals surface area contributed by atoms with Crippen LogP contribution in [-0.2, 0) is 23.2 Å². The summed E-state index contributed by atoms with van der Waals surface area (Å²) < 4.78 is 29.0. The summed E-state index contributed by atoms with van der Waals surface area (Å²) >= 11 is 0. The van der Waals surface area contributed by atoms with E-state index in [1.54, 1.807) is 8.61 Å². The first-order valence-corrected chi connectivity index (χ1v) is 10.7. The molecule has 8 heteroatoms. The zero-order chi connectivity index (χ0) is 17.4. The summed E-state index contributed by atoms with van der Waals surface area (Å²) in [7, 11) is -1.21. The van der Waals surface area contributed by atoms with Gasteiger partial charge in [-0.25, -0.2) is 9.97 Å². The van der Waals surface area contributed by atoms with Gasteiger partial charge in [-0.1, -0.05) is 0 Å². The highest BCUT2D eigenvalue weighted by Gasteiger charge is 2.36. The van der Waals surface area contributed by atoms with Crippen LogP contribution in [0.4, 0.5) is 0 Å². The summed E-state index contributed by atoms with van der Waals surface area (Å²) in [6.07, 6.45) is 6.68. The molecule has 0 spiro atoms. The molecule has 0 radical (unpaired) electrons. The first-order chi connectivity index (χ1) is 12.0. The van der Waals surface area contributed by atoms with E-state index in [4.69, 9.17) is 4.98 Å². The van der Waals surface area contributed by atoms with E-state index in [0.29, 0.717) is 26.2 Å². The number of fused-ring (bicyclic) bond motifs is 1. The van der Waals surface area contributed by atoms with E-state index < -0.39 is 10.2 Å². The molecule has 3 aliphatic rings. The third kappa shape index (κ3) is 3.45. The molecule has 4 rings (SSSR count). The number of hydrogen-bond donors (Lipinski definition) is 0. The van der Waals surface area contributed by atoms with Crippen LogP contribution in [0.25, 0.3) is 0 Å². The summed E-state index contributed by atoms with van der Waals surface area (Å²) in [6.45, 7) is 4.36. The van der Waals surface area contributed by atoms with Gasteiger partial charge < -0.3 is 4.90 Å². The van der Waals surface area contributed by atoms with Gasteiger partial charge in [0.05, 0.1) is 0 Å². The molecule has 0 aromatic carbocycles. The number of piperidine rings is 1. The minimum absolute atomic E-state index is 0.107. The van der Waals surface area contributed by atoms with Gasteiger partial charge in [0.1, 0.15) is 5.82 Å². The van der Waals surface area contributed by atoms with Gasteiger partial charge in [0, 0.05) is 69.1 Å². The monoisotopic (exact) mass is 365 g/mol. The molecule has 0 N–H and O–H groups in total. The second-order valence-corrected chi connectivity index (χ2v) is 9.43. The lowest BCUT2D eigenvalue weighted by Crippen LogP contribution is -2.46. The fourth-order valence-corrected chi connectivity index (χ4v) is 5.89. The van der Waals surface area contributed by atoms with Crippen molar-refractivity contribution in [2.24, 2.45) is 0 Å². The molecule has 4 heterocycles. The van der Waals surface area contributed by atoms with Crippen molar-refractivity contribution in [2.45, 2.75) is 44.6 Å². The highest BCUT2D eigenvalue weighted by molar-refractivity contribution is 7.86. The quantitative estimate of drug-likeness (QED) is 0.799. The van der Waals surface area contributed by atoms with Crippen molar-refractivity contribution in [3.63, 3.8) is 0 Å². The van der Waals surface area contributed by atoms with Gasteiger partial charge in [-0.2, -0.15) is 17.0 Å². The molecule has 25 heavy (non-hydrogen) atoms. The molecule has 1 unspecified atom stereocenters. The molecule has 3 aliphatic heterocycles. The van der Waals surface area contributed by atoms with E-state index in [9.17, 15) is 8.42 Å². The maximum Gasteiger partial charge on any atom is 0.281 e. The first kappa shape index (κ1) is 17.3. The highest BCUT2D eigenvalue weighted by atomic mass is 32.2. The van der Waals surface area contributed by atoms with E-state index in [1.807, 2.05) is 6.20 Å². The van der Waals surface area contributed by atoms with Gasteiger partial charge in [-0.05, 0) is 32.7 Å². The molecule has 2 fully saturated rings. The number of aromatic nitrogens is 2. The second-order valence-electron chi connectivity index (χ2n) is 7.50. The predicted molar refractivity (Wildman–Crippen MR) is 95.3 cm³/mol. The maximum absolute atomic E-state index is 12.8. The molecule has 0 amide bonds. The van der Waals surface area contributed by atoms with Crippen LogP contribution in [0.5, 0.6) is 0 Å². The molecular weight excluding hydrogens is 338 g/mol. The summed E-state index contributed by atoms with van der Waals surface area (Å²) in [4.78, 5) is 11.7. The summed E-state index contributed by atoms with van der Waals surface area (Å²) in [5, 5.41) is 0. The molecule has 0 bridgehead atoms. The van der Waals surface area contributed by atoms with Gasteiger partial charge in [-0.15, -0.1) is 0 Å². The lowest BCUT2D eigenvalue weighted by molar-refractivity contribution is 0.284. The largest absolute Gasteiger partial charge is 0.302 e. The minimum Gasteiger partial charge on any atom is -0.302 e. The molecule has 1 aromatic rings. The summed E-state index contributed by atoms with van der Waals surface area (Å²) in [5.74, 6) is 0.931. The number of rotatable bonds is 3. The number of likely N-dealkylation sites (N-methyl/N-ethyl adjacent to an activating group) is 1. The second kappa shape index (κ2) is 6.90. The van der Waals surface area contributed by atoms with Crippen molar-refractivity contribution in [1.82, 2.24) is 23.5 Å². The molecule has 0 saturated carbocycles. The van der Waals surface area contributed by atoms with Crippen LogP contribution in [0.1, 0.15) is 48.7 Å². The van der Waals surface area contributed by atoms with Crippen molar-refractivity contribution in [1.29, 1.82) is 0 Å². The Labute approximate surface area is 150 Å². The van der Waals surface area contributed by atoms with Crippen LogP contribution in [-0.4, -0.2) is 71.7 Å². The Morgan fingerprint density at radius 2 is 1.84 bits per heavy atom. The van der Waals surface area contributed by atoms with Crippen LogP contribution in [0, 0.1) is 0 Å². The third-order valence-corrected chi connectivity index (χ3v) is 7.61. The van der Waals surface area contributed by atoms with Crippen LogP contribution < -0.4 is 0 Å². The van der Waals surface area contributed by atoms with Crippen molar-refractivity contribution >= 4 is 10.2 Å². The van der Waals surface area contributed by atoms with Crippen LogP contribution in [0.15, 0.2) is 6.20 Å². The van der Waals surface area contributed by atoms with Crippen LogP contribution in [0.2, 0.25) is 0 Å². The van der Waals surface area contributed by atoms with E-state index in [1.165, 1.54) is 5.56 Å². The van der Waals surface area contributed by atoms with Crippen LogP contribution in [0.3, 0.4) is 0 Å². The average molecular weight is 366 g/mol. The smallest absolute Gasteiger partial charge is 0.281 e. The van der Waals surface area contributed by atoms with E-state index in [0.717, 1.165) is 56.7 Å². The van der Waals surface area contributed by atoms with Crippen molar-refractivity contribution in [2.75, 3.05) is 39.8 Å². The fraction of sp³-hybridized carbons (Fsp3) is 0.765. The van der Waals surface area contributed by atoms with Crippen molar-refractivity contribution < 1.29 is 8.42 Å². The van der Waals surface area contributed by atoms with Crippen LogP contribution >= 0.6 is 0 Å². The zero-order valence-electron chi connectivity index (χ0n) is 14.9. The van der Waals surface area contributed by atoms with Gasteiger partial charge >= 0.3 is 0 Å². The Kier molecular flexibility index (Phi) is 4.79. The van der Waals surface area contributed by atoms with E-state index in [-0.39, 0.29) is 5.92 Å². The third-order valence-electron chi connectivity index (χ3n) is 5.61. The first-order valence-electron chi connectivity index (χ1n) is 9.32. The predicted octanol–water partition coefficient (Wildman–Crippen LogP) is 0.985. The Balaban J connectivity index is 1.51. The normalized spacial score (nSPS) is 26.7. The van der Waals surface area contributed by atoms with Gasteiger partial charge in [0.2, 0.25) is 0 Å². The molecule has 1 aromatic heterocycles. The fourth-order valence-electron chi connectivity index (χ4n) is 4.11. The van der Waals surface area contributed by atoms with Crippen molar-refractivity contribution in [3.05, 3.63) is 23.3 Å². The highest BCUT2D eigenvalue weighted by Crippen LogP contribution is 2.29. The summed E-state index contributed by atoms with van der Waals surface area (Å²) in [5.41, 5.74) is 2.34. The van der Waals surface area contributed by atoms with Gasteiger partial charge in [0.25, 0.3) is 10.2 Å². The topological polar surface area (TPSA) is 69.6 Å². The SMILES string of the molecule is CN1CCc2nc(C3CCCN(S(=O)(=O)N4CCCC4)C3)ncc2C1. The molecule has 7 nitrogen and oxygen atoms in total. The maximum atomic E-state index is 12.8. The minimum atomic E-state index is -3.32. The average Bonchev–Trinajstić information content (AvgIpc) is 3.17. The lowest BCUT2D eigenvalue weighted by atomic mass is 9.98. The molecule has 0 aliphatic carbocycles. The Morgan fingerprint density at radius 3 is 2.64 bits per heavy atom. The van der Waals surface area contributed by atoms with Gasteiger partial charge in [0.15, 0.2) is 0 Å². The standard InChI is InChI=1S/C17H27N5O2S/c1-20-10-6-16-15(12-20)11-18-17(19-16)14-5-4-9-22(13-14)25(23,24)21-7-2-3-8-21/h11,14H,2-10,12-13H2,1H3. The Bertz CT molecular complexity index is 733. The molecule has 2 saturated heterocycles.